The summed E-state index contributed by atoms with van der Waals surface area (Å²) in [5, 5.41) is 1.29. The summed E-state index contributed by atoms with van der Waals surface area (Å²) in [6, 6.07) is 10.7. The summed E-state index contributed by atoms with van der Waals surface area (Å²) in [5.74, 6) is 0. The van der Waals surface area contributed by atoms with Gasteiger partial charge in [0.25, 0.3) is 0 Å². The Balaban J connectivity index is 2.68. The monoisotopic (exact) mass is 292 g/mol. The minimum Gasteiger partial charge on any atom is -0.552 e. The van der Waals surface area contributed by atoms with Gasteiger partial charge in [-0.15, -0.1) is 0 Å². The maximum absolute atomic E-state index is 6.30. The lowest BCUT2D eigenvalue weighted by Gasteiger charge is -2.29. The average molecular weight is 293 g/mol. The quantitative estimate of drug-likeness (QED) is 0.515. The highest BCUT2D eigenvalue weighted by molar-refractivity contribution is 6.84. The van der Waals surface area contributed by atoms with Crippen molar-refractivity contribution in [3.63, 3.8) is 0 Å². The Kier molecular flexibility index (Phi) is 5.62. The Morgan fingerprint density at radius 1 is 1.00 bits per heavy atom. The predicted molar refractivity (Wildman–Crippen MR) is 90.6 cm³/mol. The number of hydrogen-bond acceptors (Lipinski definition) is 1. The highest BCUT2D eigenvalue weighted by Crippen LogP contribution is 2.21. The Labute approximate surface area is 120 Å². The first kappa shape index (κ1) is 16.2. The number of hydrogen-bond donors (Lipinski definition) is 0. The molecule has 0 aliphatic heterocycles. The molecule has 0 saturated heterocycles. The summed E-state index contributed by atoms with van der Waals surface area (Å²) >= 11 is 0. The fraction of sp³-hybridized carbons (Fsp3) is 0.500. The summed E-state index contributed by atoms with van der Waals surface area (Å²) < 4.78 is 6.30. The lowest BCUT2D eigenvalue weighted by Crippen LogP contribution is -2.34. The zero-order valence-corrected chi connectivity index (χ0v) is 15.3. The van der Waals surface area contributed by atoms with E-state index < -0.39 is 16.4 Å². The van der Waals surface area contributed by atoms with Crippen LogP contribution in [0.2, 0.25) is 39.3 Å². The smallest absolute Gasteiger partial charge is 0.241 e. The Morgan fingerprint density at radius 3 is 2.05 bits per heavy atom. The molecule has 0 aliphatic rings. The molecule has 1 rings (SSSR count). The average Bonchev–Trinajstić information content (AvgIpc) is 2.26. The van der Waals surface area contributed by atoms with Crippen molar-refractivity contribution in [2.24, 2.45) is 0 Å². The lowest BCUT2D eigenvalue weighted by molar-refractivity contribution is 0.449. The van der Waals surface area contributed by atoms with Gasteiger partial charge in [-0.2, -0.15) is 0 Å². The summed E-state index contributed by atoms with van der Waals surface area (Å²) in [5.41, 5.74) is 1.40. The van der Waals surface area contributed by atoms with E-state index in [-0.39, 0.29) is 0 Å². The molecular weight excluding hydrogens is 264 g/mol. The fourth-order valence-electron chi connectivity index (χ4n) is 1.85. The second kappa shape index (κ2) is 6.57. The van der Waals surface area contributed by atoms with E-state index >= 15 is 0 Å². The van der Waals surface area contributed by atoms with Crippen LogP contribution in [0.25, 0.3) is 0 Å². The van der Waals surface area contributed by atoms with Crippen LogP contribution < -0.4 is 0 Å². The first-order chi connectivity index (χ1) is 8.68. The molecule has 0 amide bonds. The van der Waals surface area contributed by atoms with E-state index in [9.17, 15) is 0 Å². The van der Waals surface area contributed by atoms with E-state index in [1.807, 2.05) is 0 Å². The van der Waals surface area contributed by atoms with Crippen molar-refractivity contribution in [2.45, 2.75) is 52.1 Å². The Bertz CT molecular complexity index is 411. The van der Waals surface area contributed by atoms with Crippen molar-refractivity contribution in [2.75, 3.05) is 0 Å². The number of benzene rings is 1. The van der Waals surface area contributed by atoms with Crippen molar-refractivity contribution < 1.29 is 4.43 Å². The van der Waals surface area contributed by atoms with Gasteiger partial charge in [0.05, 0.1) is 5.38 Å². The summed E-state index contributed by atoms with van der Waals surface area (Å²) in [7, 11) is -2.85. The highest BCUT2D eigenvalue weighted by Gasteiger charge is 2.26. The van der Waals surface area contributed by atoms with Crippen molar-refractivity contribution >= 4 is 16.4 Å². The highest BCUT2D eigenvalue weighted by atomic mass is 28.4. The fourth-order valence-corrected chi connectivity index (χ4v) is 5.49. The molecule has 19 heavy (non-hydrogen) atoms. The Morgan fingerprint density at radius 2 is 1.58 bits per heavy atom. The summed E-state index contributed by atoms with van der Waals surface area (Å²) in [6.45, 7) is 13.9. The molecule has 106 valence electrons. The Hall–Kier alpha value is -0.806. The van der Waals surface area contributed by atoms with Gasteiger partial charge in [-0.3, -0.25) is 0 Å². The summed E-state index contributed by atoms with van der Waals surface area (Å²) in [4.78, 5) is 0. The molecule has 0 atom stereocenters. The predicted octanol–water partition coefficient (Wildman–Crippen LogP) is 5.23. The van der Waals surface area contributed by atoms with Gasteiger partial charge in [0.1, 0.15) is 8.07 Å². The van der Waals surface area contributed by atoms with Crippen LogP contribution in [0.1, 0.15) is 12.0 Å². The standard InChI is InChI=1S/C16H28OSi2/c1-18(2,3)16(17-19(4,5)6)14-10-13-15-11-8-7-9-12-15/h7-9,11-12,14H,10,13H2,1-6H3/b16-14-. The third kappa shape index (κ3) is 6.78. The maximum atomic E-state index is 6.30. The van der Waals surface area contributed by atoms with Crippen molar-refractivity contribution in [3.05, 3.63) is 47.4 Å². The van der Waals surface area contributed by atoms with Crippen LogP contribution in [-0.4, -0.2) is 16.4 Å². The molecular formula is C16H28OSi2. The lowest BCUT2D eigenvalue weighted by atomic mass is 10.1. The molecule has 0 aromatic heterocycles. The van der Waals surface area contributed by atoms with E-state index in [0.717, 1.165) is 12.8 Å². The van der Waals surface area contributed by atoms with Gasteiger partial charge in [-0.25, -0.2) is 0 Å². The van der Waals surface area contributed by atoms with Gasteiger partial charge in [0, 0.05) is 0 Å². The van der Waals surface area contributed by atoms with Crippen LogP contribution in [0.3, 0.4) is 0 Å². The normalized spacial score (nSPS) is 13.5. The molecule has 0 radical (unpaired) electrons. The van der Waals surface area contributed by atoms with E-state index in [1.54, 1.807) is 0 Å². The van der Waals surface area contributed by atoms with Crippen LogP contribution >= 0.6 is 0 Å². The molecule has 0 heterocycles. The molecule has 0 N–H and O–H groups in total. The number of aryl methyl sites for hydroxylation is 1. The minimum absolute atomic E-state index is 1.08. The molecule has 1 nitrogen and oxygen atoms in total. The van der Waals surface area contributed by atoms with E-state index in [4.69, 9.17) is 4.43 Å². The topological polar surface area (TPSA) is 9.23 Å². The van der Waals surface area contributed by atoms with Crippen molar-refractivity contribution in [1.82, 2.24) is 0 Å². The van der Waals surface area contributed by atoms with E-state index in [1.165, 1.54) is 10.9 Å². The number of rotatable bonds is 6. The van der Waals surface area contributed by atoms with Gasteiger partial charge >= 0.3 is 0 Å². The van der Waals surface area contributed by atoms with Crippen LogP contribution in [0.15, 0.2) is 41.8 Å². The van der Waals surface area contributed by atoms with Crippen LogP contribution in [0.5, 0.6) is 0 Å². The number of allylic oxidation sites excluding steroid dienone is 1. The molecule has 0 saturated carbocycles. The van der Waals surface area contributed by atoms with Gasteiger partial charge in [0.15, 0.2) is 0 Å². The third-order valence-corrected chi connectivity index (χ3v) is 5.58. The van der Waals surface area contributed by atoms with Crippen LogP contribution in [0, 0.1) is 0 Å². The van der Waals surface area contributed by atoms with E-state index in [0.29, 0.717) is 0 Å². The second-order valence-corrected chi connectivity index (χ2v) is 16.5. The maximum Gasteiger partial charge on any atom is 0.241 e. The van der Waals surface area contributed by atoms with Crippen LogP contribution in [-0.2, 0) is 10.8 Å². The van der Waals surface area contributed by atoms with Gasteiger partial charge in [-0.05, 0) is 38.0 Å². The molecule has 0 bridgehead atoms. The third-order valence-electron chi connectivity index (χ3n) is 2.76. The first-order valence-electron chi connectivity index (χ1n) is 7.12. The van der Waals surface area contributed by atoms with Crippen molar-refractivity contribution in [1.29, 1.82) is 0 Å². The summed E-state index contributed by atoms with van der Waals surface area (Å²) in [6.07, 6.45) is 4.52. The van der Waals surface area contributed by atoms with Crippen molar-refractivity contribution in [3.8, 4) is 0 Å². The first-order valence-corrected chi connectivity index (χ1v) is 14.0. The van der Waals surface area contributed by atoms with E-state index in [2.05, 4.69) is 75.7 Å². The zero-order chi connectivity index (χ0) is 14.5. The van der Waals surface area contributed by atoms with Gasteiger partial charge in [0.2, 0.25) is 8.32 Å². The SMILES string of the molecule is C[Si](C)(C)O/C(=C/CCc1ccccc1)[Si](C)(C)C. The molecule has 0 unspecified atom stereocenters. The minimum atomic E-state index is -1.49. The molecule has 0 fully saturated rings. The van der Waals surface area contributed by atoms with Gasteiger partial charge < -0.3 is 4.43 Å². The molecule has 0 spiro atoms. The molecule has 0 aliphatic carbocycles. The largest absolute Gasteiger partial charge is 0.552 e. The molecule has 3 heteroatoms. The second-order valence-electron chi connectivity index (χ2n) is 7.06. The van der Waals surface area contributed by atoms with Crippen LogP contribution in [0.4, 0.5) is 0 Å². The molecule has 1 aromatic carbocycles. The zero-order valence-electron chi connectivity index (χ0n) is 13.3. The molecule has 1 aromatic rings. The van der Waals surface area contributed by atoms with Gasteiger partial charge in [-0.1, -0.05) is 56.0 Å².